The zero-order valence-electron chi connectivity index (χ0n) is 11.5. The van der Waals surface area contributed by atoms with Crippen molar-refractivity contribution in [1.29, 1.82) is 0 Å². The Hall–Kier alpha value is -2.09. The smallest absolute Gasteiger partial charge is 0.313 e. The minimum Gasteiger partial charge on any atom is -0.426 e. The molecule has 0 aliphatic rings. The summed E-state index contributed by atoms with van der Waals surface area (Å²) in [6.45, 7) is 5.69. The first-order valence-corrected chi connectivity index (χ1v) is 6.46. The van der Waals surface area contributed by atoms with E-state index in [1.165, 1.54) is 0 Å². The van der Waals surface area contributed by atoms with Crippen molar-refractivity contribution < 1.29 is 9.53 Å². The Morgan fingerprint density at radius 1 is 1.00 bits per heavy atom. The van der Waals surface area contributed by atoms with Gasteiger partial charge in [0.25, 0.3) is 0 Å². The Balaban J connectivity index is 2.45. The molecule has 2 aromatic carbocycles. The zero-order chi connectivity index (χ0) is 13.8. The molecule has 0 aliphatic carbocycles. The lowest BCUT2D eigenvalue weighted by Gasteiger charge is -2.14. The first-order chi connectivity index (χ1) is 9.09. The normalized spacial score (nSPS) is 10.5. The number of carbonyl (C=O) groups is 1. The molecule has 0 saturated carbocycles. The standard InChI is InChI=1S/C17H18O2/c1-12(2)17(18)19-15-11-7-8-13(3)16(15)14-9-5-4-6-10-14/h4-12H,1-3H3. The molecule has 0 saturated heterocycles. The van der Waals surface area contributed by atoms with Crippen molar-refractivity contribution >= 4 is 5.97 Å². The third kappa shape index (κ3) is 3.02. The summed E-state index contributed by atoms with van der Waals surface area (Å²) in [5, 5.41) is 0. The molecule has 0 unspecified atom stereocenters. The quantitative estimate of drug-likeness (QED) is 0.605. The van der Waals surface area contributed by atoms with Crippen LogP contribution in [0.4, 0.5) is 0 Å². The summed E-state index contributed by atoms with van der Waals surface area (Å²) in [5.74, 6) is 0.289. The van der Waals surface area contributed by atoms with Gasteiger partial charge in [-0.3, -0.25) is 4.79 Å². The highest BCUT2D eigenvalue weighted by molar-refractivity contribution is 5.80. The minimum atomic E-state index is -0.206. The van der Waals surface area contributed by atoms with Crippen molar-refractivity contribution in [2.24, 2.45) is 5.92 Å². The van der Waals surface area contributed by atoms with Gasteiger partial charge in [0.2, 0.25) is 0 Å². The highest BCUT2D eigenvalue weighted by Crippen LogP contribution is 2.33. The second-order valence-electron chi connectivity index (χ2n) is 4.89. The van der Waals surface area contributed by atoms with Gasteiger partial charge in [-0.2, -0.15) is 0 Å². The molecule has 2 heteroatoms. The average Bonchev–Trinajstić information content (AvgIpc) is 2.39. The van der Waals surface area contributed by atoms with E-state index in [2.05, 4.69) is 0 Å². The molecule has 0 spiro atoms. The van der Waals surface area contributed by atoms with Gasteiger partial charge in [-0.1, -0.05) is 56.3 Å². The monoisotopic (exact) mass is 254 g/mol. The van der Waals surface area contributed by atoms with E-state index in [4.69, 9.17) is 4.74 Å². The highest BCUT2D eigenvalue weighted by atomic mass is 16.5. The van der Waals surface area contributed by atoms with Crippen molar-refractivity contribution in [3.8, 4) is 16.9 Å². The number of carbonyl (C=O) groups excluding carboxylic acids is 1. The molecular formula is C17H18O2. The van der Waals surface area contributed by atoms with Crippen LogP contribution in [0.5, 0.6) is 5.75 Å². The summed E-state index contributed by atoms with van der Waals surface area (Å²) in [7, 11) is 0. The Morgan fingerprint density at radius 3 is 2.32 bits per heavy atom. The van der Waals surface area contributed by atoms with Crippen LogP contribution in [0.3, 0.4) is 0 Å². The molecule has 2 rings (SSSR count). The predicted octanol–water partition coefficient (Wildman–Crippen LogP) is 4.22. The second kappa shape index (κ2) is 5.70. The van der Waals surface area contributed by atoms with Crippen LogP contribution in [-0.4, -0.2) is 5.97 Å². The van der Waals surface area contributed by atoms with Crippen LogP contribution < -0.4 is 4.74 Å². The Morgan fingerprint density at radius 2 is 1.68 bits per heavy atom. The average molecular weight is 254 g/mol. The third-order valence-electron chi connectivity index (χ3n) is 2.98. The molecule has 0 atom stereocenters. The molecule has 0 bridgehead atoms. The molecule has 0 amide bonds. The van der Waals surface area contributed by atoms with Crippen LogP contribution in [0.25, 0.3) is 11.1 Å². The van der Waals surface area contributed by atoms with E-state index in [9.17, 15) is 4.79 Å². The minimum absolute atomic E-state index is 0.135. The van der Waals surface area contributed by atoms with Gasteiger partial charge in [-0.25, -0.2) is 0 Å². The van der Waals surface area contributed by atoms with Gasteiger partial charge in [0.05, 0.1) is 5.92 Å². The van der Waals surface area contributed by atoms with E-state index >= 15 is 0 Å². The predicted molar refractivity (Wildman–Crippen MR) is 77.1 cm³/mol. The van der Waals surface area contributed by atoms with Gasteiger partial charge in [0.15, 0.2) is 0 Å². The Bertz CT molecular complexity index is 571. The molecule has 0 radical (unpaired) electrons. The number of hydrogen-bond acceptors (Lipinski definition) is 2. The van der Waals surface area contributed by atoms with Gasteiger partial charge in [0, 0.05) is 5.56 Å². The number of hydrogen-bond donors (Lipinski definition) is 0. The van der Waals surface area contributed by atoms with Crippen molar-refractivity contribution in [2.45, 2.75) is 20.8 Å². The van der Waals surface area contributed by atoms with E-state index in [0.29, 0.717) is 5.75 Å². The van der Waals surface area contributed by atoms with Crippen LogP contribution in [0.2, 0.25) is 0 Å². The molecule has 0 aromatic heterocycles. The van der Waals surface area contributed by atoms with E-state index in [1.54, 1.807) is 0 Å². The molecule has 2 aromatic rings. The summed E-state index contributed by atoms with van der Waals surface area (Å²) in [4.78, 5) is 11.8. The molecule has 0 aliphatic heterocycles. The lowest BCUT2D eigenvalue weighted by molar-refractivity contribution is -0.137. The Kier molecular flexibility index (Phi) is 4.00. The van der Waals surface area contributed by atoms with Gasteiger partial charge >= 0.3 is 5.97 Å². The van der Waals surface area contributed by atoms with E-state index < -0.39 is 0 Å². The summed E-state index contributed by atoms with van der Waals surface area (Å²) in [6, 6.07) is 15.8. The summed E-state index contributed by atoms with van der Waals surface area (Å²) < 4.78 is 5.50. The van der Waals surface area contributed by atoms with Crippen LogP contribution in [0.15, 0.2) is 48.5 Å². The lowest BCUT2D eigenvalue weighted by Crippen LogP contribution is -2.15. The number of benzene rings is 2. The summed E-state index contributed by atoms with van der Waals surface area (Å²) >= 11 is 0. The topological polar surface area (TPSA) is 26.3 Å². The van der Waals surface area contributed by atoms with Crippen LogP contribution >= 0.6 is 0 Å². The fourth-order valence-corrected chi connectivity index (χ4v) is 1.93. The summed E-state index contributed by atoms with van der Waals surface area (Å²) in [6.07, 6.45) is 0. The second-order valence-corrected chi connectivity index (χ2v) is 4.89. The Labute approximate surface area is 114 Å². The van der Waals surface area contributed by atoms with Crippen LogP contribution in [0.1, 0.15) is 19.4 Å². The molecular weight excluding hydrogens is 236 g/mol. The highest BCUT2D eigenvalue weighted by Gasteiger charge is 2.14. The number of rotatable bonds is 3. The van der Waals surface area contributed by atoms with E-state index in [1.807, 2.05) is 69.3 Å². The first-order valence-electron chi connectivity index (χ1n) is 6.46. The first kappa shape index (κ1) is 13.3. The lowest BCUT2D eigenvalue weighted by atomic mass is 9.99. The molecule has 0 heterocycles. The van der Waals surface area contributed by atoms with Gasteiger partial charge in [0.1, 0.15) is 5.75 Å². The largest absolute Gasteiger partial charge is 0.426 e. The van der Waals surface area contributed by atoms with Gasteiger partial charge < -0.3 is 4.74 Å². The number of esters is 1. The van der Waals surface area contributed by atoms with E-state index in [0.717, 1.165) is 16.7 Å². The van der Waals surface area contributed by atoms with Gasteiger partial charge in [-0.05, 0) is 24.1 Å². The molecule has 0 N–H and O–H groups in total. The maximum atomic E-state index is 11.8. The molecule has 2 nitrogen and oxygen atoms in total. The van der Waals surface area contributed by atoms with Crippen molar-refractivity contribution in [3.05, 3.63) is 54.1 Å². The summed E-state index contributed by atoms with van der Waals surface area (Å²) in [5.41, 5.74) is 3.14. The number of ether oxygens (including phenoxy) is 1. The van der Waals surface area contributed by atoms with Crippen molar-refractivity contribution in [2.75, 3.05) is 0 Å². The fraction of sp³-hybridized carbons (Fsp3) is 0.235. The fourth-order valence-electron chi connectivity index (χ4n) is 1.93. The number of aryl methyl sites for hydroxylation is 1. The zero-order valence-corrected chi connectivity index (χ0v) is 11.5. The molecule has 98 valence electrons. The molecule has 0 fully saturated rings. The molecule has 19 heavy (non-hydrogen) atoms. The van der Waals surface area contributed by atoms with E-state index in [-0.39, 0.29) is 11.9 Å². The van der Waals surface area contributed by atoms with Crippen LogP contribution in [0, 0.1) is 12.8 Å². The maximum Gasteiger partial charge on any atom is 0.313 e. The van der Waals surface area contributed by atoms with Gasteiger partial charge in [-0.15, -0.1) is 0 Å². The van der Waals surface area contributed by atoms with Crippen molar-refractivity contribution in [3.63, 3.8) is 0 Å². The third-order valence-corrected chi connectivity index (χ3v) is 2.98. The maximum absolute atomic E-state index is 11.8. The van der Waals surface area contributed by atoms with Crippen LogP contribution in [-0.2, 0) is 4.79 Å². The van der Waals surface area contributed by atoms with Crippen molar-refractivity contribution in [1.82, 2.24) is 0 Å². The SMILES string of the molecule is Cc1cccc(OC(=O)C(C)C)c1-c1ccccc1.